The molecular weight excluding hydrogens is 743 g/mol. The van der Waals surface area contributed by atoms with Crippen molar-refractivity contribution in [1.82, 2.24) is 15.0 Å². The van der Waals surface area contributed by atoms with Crippen molar-refractivity contribution >= 4 is 21.9 Å². The Morgan fingerprint density at radius 1 is 0.246 bits per heavy atom. The summed E-state index contributed by atoms with van der Waals surface area (Å²) >= 11 is 0. The van der Waals surface area contributed by atoms with Crippen LogP contribution in [-0.4, -0.2) is 15.0 Å². The smallest absolute Gasteiger partial charge is 0.164 e. The third-order valence-corrected chi connectivity index (χ3v) is 11.4. The van der Waals surface area contributed by atoms with Crippen LogP contribution < -0.4 is 0 Å². The lowest BCUT2D eigenvalue weighted by Crippen LogP contribution is -2.00. The molecule has 0 unspecified atom stereocenters. The molecule has 61 heavy (non-hydrogen) atoms. The summed E-state index contributed by atoms with van der Waals surface area (Å²) < 4.78 is 6.58. The fourth-order valence-electron chi connectivity index (χ4n) is 8.23. The quantitative estimate of drug-likeness (QED) is 0.154. The van der Waals surface area contributed by atoms with E-state index in [2.05, 4.69) is 182 Å². The molecule has 0 saturated heterocycles. The molecule has 0 amide bonds. The molecule has 9 aromatic carbocycles. The number of rotatable bonds is 8. The van der Waals surface area contributed by atoms with Crippen LogP contribution in [0.5, 0.6) is 0 Å². The van der Waals surface area contributed by atoms with Crippen LogP contribution >= 0.6 is 0 Å². The van der Waals surface area contributed by atoms with Crippen molar-refractivity contribution in [3.8, 4) is 89.8 Å². The van der Waals surface area contributed by atoms with E-state index in [1.165, 1.54) is 33.4 Å². The number of hydrogen-bond acceptors (Lipinski definition) is 4. The second kappa shape index (κ2) is 15.5. The molecule has 4 heteroatoms. The molecule has 0 aliphatic heterocycles. The Labute approximate surface area is 354 Å². The van der Waals surface area contributed by atoms with Crippen molar-refractivity contribution in [2.24, 2.45) is 0 Å². The molecule has 0 spiro atoms. The number of fused-ring (bicyclic) bond motifs is 3. The Bertz CT molecular complexity index is 3320. The van der Waals surface area contributed by atoms with Gasteiger partial charge in [-0.05, 0) is 86.0 Å². The van der Waals surface area contributed by atoms with Crippen molar-refractivity contribution < 1.29 is 4.42 Å². The summed E-state index contributed by atoms with van der Waals surface area (Å²) in [5, 5.41) is 2.12. The summed E-state index contributed by atoms with van der Waals surface area (Å²) in [5.41, 5.74) is 16.0. The molecule has 0 fully saturated rings. The van der Waals surface area contributed by atoms with Crippen LogP contribution in [0.1, 0.15) is 0 Å². The van der Waals surface area contributed by atoms with Crippen LogP contribution in [-0.2, 0) is 0 Å². The minimum Gasteiger partial charge on any atom is -0.456 e. The summed E-state index contributed by atoms with van der Waals surface area (Å²) in [5.74, 6) is 1.80. The van der Waals surface area contributed by atoms with Gasteiger partial charge in [0.05, 0.1) is 0 Å². The fraction of sp³-hybridized carbons (Fsp3) is 0. The van der Waals surface area contributed by atoms with Crippen molar-refractivity contribution in [1.29, 1.82) is 0 Å². The lowest BCUT2D eigenvalue weighted by Gasteiger charge is -2.10. The predicted octanol–water partition coefficient (Wildman–Crippen LogP) is 15.1. The molecule has 0 N–H and O–H groups in total. The Morgan fingerprint density at radius 2 is 0.623 bits per heavy atom. The molecule has 0 atom stereocenters. The van der Waals surface area contributed by atoms with Crippen LogP contribution in [0, 0.1) is 0 Å². The molecule has 0 aliphatic rings. The highest BCUT2D eigenvalue weighted by Gasteiger charge is 2.17. The second-order valence-electron chi connectivity index (χ2n) is 15.2. The van der Waals surface area contributed by atoms with Crippen LogP contribution in [0.15, 0.2) is 229 Å². The molecule has 11 aromatic rings. The van der Waals surface area contributed by atoms with Crippen molar-refractivity contribution in [2.45, 2.75) is 0 Å². The number of nitrogens with zero attached hydrogens (tertiary/aromatic N) is 3. The molecule has 4 nitrogen and oxygen atoms in total. The van der Waals surface area contributed by atoms with Gasteiger partial charge in [0, 0.05) is 27.5 Å². The standard InChI is InChI=1S/C57H37N3O/c1-4-13-38(14-5-1)45-19-10-21-47(35-45)40-25-29-42(30-26-40)50-23-12-24-52-54(50)51-34-33-49(37-53(51)61-52)57-59-55(43-17-8-3-9-18-43)58-56(60-57)44-31-27-41(28-32-44)48-22-11-20-46(36-48)39-15-6-2-7-16-39/h1-37H. The van der Waals surface area contributed by atoms with Crippen molar-refractivity contribution in [3.05, 3.63) is 224 Å². The first-order valence-corrected chi connectivity index (χ1v) is 20.5. The van der Waals surface area contributed by atoms with E-state index in [0.29, 0.717) is 17.5 Å². The van der Waals surface area contributed by atoms with E-state index < -0.39 is 0 Å². The zero-order chi connectivity index (χ0) is 40.5. The van der Waals surface area contributed by atoms with E-state index in [1.54, 1.807) is 0 Å². The lowest BCUT2D eigenvalue weighted by atomic mass is 9.95. The lowest BCUT2D eigenvalue weighted by molar-refractivity contribution is 0.669. The first-order chi connectivity index (χ1) is 30.2. The molecule has 0 saturated carbocycles. The number of aromatic nitrogens is 3. The summed E-state index contributed by atoms with van der Waals surface area (Å²) in [6.07, 6.45) is 0. The molecule has 0 bridgehead atoms. The Hall–Kier alpha value is -8.21. The first kappa shape index (κ1) is 35.9. The van der Waals surface area contributed by atoms with Gasteiger partial charge in [-0.15, -0.1) is 0 Å². The monoisotopic (exact) mass is 779 g/mol. The average molecular weight is 780 g/mol. The Balaban J connectivity index is 0.934. The minimum atomic E-state index is 0.581. The number of benzene rings is 9. The predicted molar refractivity (Wildman–Crippen MR) is 251 cm³/mol. The van der Waals surface area contributed by atoms with Gasteiger partial charge in [-0.25, -0.2) is 15.0 Å². The van der Waals surface area contributed by atoms with Gasteiger partial charge in [0.2, 0.25) is 0 Å². The summed E-state index contributed by atoms with van der Waals surface area (Å²) in [6, 6.07) is 78.3. The fourth-order valence-corrected chi connectivity index (χ4v) is 8.23. The van der Waals surface area contributed by atoms with Gasteiger partial charge in [-0.1, -0.05) is 194 Å². The van der Waals surface area contributed by atoms with Gasteiger partial charge in [-0.3, -0.25) is 0 Å². The van der Waals surface area contributed by atoms with E-state index >= 15 is 0 Å². The maximum Gasteiger partial charge on any atom is 0.164 e. The molecule has 2 heterocycles. The Morgan fingerprint density at radius 3 is 1.15 bits per heavy atom. The molecule has 2 aromatic heterocycles. The van der Waals surface area contributed by atoms with Gasteiger partial charge in [0.15, 0.2) is 17.5 Å². The molecule has 0 aliphatic carbocycles. The van der Waals surface area contributed by atoms with E-state index in [1.807, 2.05) is 42.5 Å². The highest BCUT2D eigenvalue weighted by Crippen LogP contribution is 2.39. The van der Waals surface area contributed by atoms with Crippen LogP contribution in [0.25, 0.3) is 112 Å². The SMILES string of the molecule is c1ccc(-c2cccc(-c3ccc(-c4nc(-c5ccccc5)nc(-c5ccc6c(c5)oc5cccc(-c7ccc(-c8cccc(-c9ccccc9)c8)cc7)c56)n4)cc3)c2)cc1. The van der Waals surface area contributed by atoms with E-state index in [9.17, 15) is 0 Å². The molecule has 0 radical (unpaired) electrons. The summed E-state index contributed by atoms with van der Waals surface area (Å²) in [6.45, 7) is 0. The maximum absolute atomic E-state index is 6.58. The van der Waals surface area contributed by atoms with Crippen LogP contribution in [0.3, 0.4) is 0 Å². The number of hydrogen-bond donors (Lipinski definition) is 0. The summed E-state index contributed by atoms with van der Waals surface area (Å²) in [4.78, 5) is 15.1. The largest absolute Gasteiger partial charge is 0.456 e. The van der Waals surface area contributed by atoms with Gasteiger partial charge in [0.1, 0.15) is 11.2 Å². The first-order valence-electron chi connectivity index (χ1n) is 20.5. The zero-order valence-corrected chi connectivity index (χ0v) is 33.1. The van der Waals surface area contributed by atoms with Gasteiger partial charge in [0.25, 0.3) is 0 Å². The second-order valence-corrected chi connectivity index (χ2v) is 15.2. The highest BCUT2D eigenvalue weighted by molar-refractivity contribution is 6.13. The number of furan rings is 1. The van der Waals surface area contributed by atoms with Crippen molar-refractivity contribution in [3.63, 3.8) is 0 Å². The zero-order valence-electron chi connectivity index (χ0n) is 33.1. The Kier molecular flexibility index (Phi) is 9.14. The van der Waals surface area contributed by atoms with Gasteiger partial charge in [-0.2, -0.15) is 0 Å². The van der Waals surface area contributed by atoms with Crippen LogP contribution in [0.4, 0.5) is 0 Å². The minimum absolute atomic E-state index is 0.581. The molecular formula is C57H37N3O. The normalized spacial score (nSPS) is 11.3. The van der Waals surface area contributed by atoms with E-state index in [-0.39, 0.29) is 0 Å². The van der Waals surface area contributed by atoms with Crippen LogP contribution in [0.2, 0.25) is 0 Å². The summed E-state index contributed by atoms with van der Waals surface area (Å²) in [7, 11) is 0. The molecule has 11 rings (SSSR count). The van der Waals surface area contributed by atoms with E-state index in [0.717, 1.165) is 60.9 Å². The van der Waals surface area contributed by atoms with E-state index in [4.69, 9.17) is 19.4 Å². The van der Waals surface area contributed by atoms with Crippen molar-refractivity contribution in [2.75, 3.05) is 0 Å². The molecule has 286 valence electrons. The third kappa shape index (κ3) is 7.07. The third-order valence-electron chi connectivity index (χ3n) is 11.4. The van der Waals surface area contributed by atoms with Gasteiger partial charge < -0.3 is 4.42 Å². The highest BCUT2D eigenvalue weighted by atomic mass is 16.3. The average Bonchev–Trinajstić information content (AvgIpc) is 3.73. The maximum atomic E-state index is 6.58. The van der Waals surface area contributed by atoms with Gasteiger partial charge >= 0.3 is 0 Å². The topological polar surface area (TPSA) is 51.8 Å².